The van der Waals surface area contributed by atoms with Crippen LogP contribution in [0.15, 0.2) is 18.3 Å². The van der Waals surface area contributed by atoms with Crippen molar-refractivity contribution in [2.24, 2.45) is 5.92 Å². The van der Waals surface area contributed by atoms with Crippen molar-refractivity contribution in [3.63, 3.8) is 0 Å². The van der Waals surface area contributed by atoms with Gasteiger partial charge >= 0.3 is 0 Å². The molecule has 0 saturated heterocycles. The normalized spacial score (nSPS) is 23.7. The maximum atomic E-state index is 11.9. The van der Waals surface area contributed by atoms with Gasteiger partial charge in [-0.2, -0.15) is 0 Å². The number of aryl methyl sites for hydroxylation is 1. The Morgan fingerprint density at radius 3 is 3.11 bits per heavy atom. The smallest absolute Gasteiger partial charge is 0.251 e. The van der Waals surface area contributed by atoms with Crippen molar-refractivity contribution in [3.8, 4) is 0 Å². The first-order valence-corrected chi connectivity index (χ1v) is 6.54. The fourth-order valence-corrected chi connectivity index (χ4v) is 2.47. The summed E-state index contributed by atoms with van der Waals surface area (Å²) in [6, 6.07) is 3.50. The summed E-state index contributed by atoms with van der Waals surface area (Å²) in [5, 5.41) is 12.5. The number of nitrogens with zero attached hydrogens (tertiary/aromatic N) is 1. The van der Waals surface area contributed by atoms with Crippen LogP contribution in [0.4, 0.5) is 0 Å². The number of carbonyl (C=O) groups excluding carboxylic acids is 1. The summed E-state index contributed by atoms with van der Waals surface area (Å²) in [4.78, 5) is 16.0. The Morgan fingerprint density at radius 2 is 2.39 bits per heavy atom. The molecule has 0 spiro atoms. The van der Waals surface area contributed by atoms with E-state index in [4.69, 9.17) is 0 Å². The van der Waals surface area contributed by atoms with Crippen LogP contribution in [0.2, 0.25) is 0 Å². The minimum Gasteiger partial charge on any atom is -0.393 e. The number of hydrogen-bond donors (Lipinski definition) is 2. The first-order valence-electron chi connectivity index (χ1n) is 6.54. The number of aromatic nitrogens is 1. The van der Waals surface area contributed by atoms with E-state index in [9.17, 15) is 9.90 Å². The highest BCUT2D eigenvalue weighted by molar-refractivity contribution is 5.94. The molecule has 0 aromatic carbocycles. The van der Waals surface area contributed by atoms with Crippen molar-refractivity contribution in [1.82, 2.24) is 10.3 Å². The van der Waals surface area contributed by atoms with E-state index in [0.717, 1.165) is 31.4 Å². The molecule has 2 unspecified atom stereocenters. The van der Waals surface area contributed by atoms with Crippen molar-refractivity contribution in [2.75, 3.05) is 6.54 Å². The van der Waals surface area contributed by atoms with E-state index >= 15 is 0 Å². The third-order valence-corrected chi connectivity index (χ3v) is 3.47. The summed E-state index contributed by atoms with van der Waals surface area (Å²) >= 11 is 0. The van der Waals surface area contributed by atoms with Gasteiger partial charge in [-0.3, -0.25) is 9.78 Å². The van der Waals surface area contributed by atoms with Crippen LogP contribution in [0, 0.1) is 12.8 Å². The Bertz CT molecular complexity index is 420. The third-order valence-electron chi connectivity index (χ3n) is 3.47. The number of pyridine rings is 1. The zero-order valence-electron chi connectivity index (χ0n) is 10.7. The predicted molar refractivity (Wildman–Crippen MR) is 69.3 cm³/mol. The summed E-state index contributed by atoms with van der Waals surface area (Å²) in [6.07, 6.45) is 5.30. The second-order valence-electron chi connectivity index (χ2n) is 5.08. The molecular formula is C14H20N2O2. The Balaban J connectivity index is 1.84. The molecule has 4 heteroatoms. The zero-order chi connectivity index (χ0) is 13.0. The number of amides is 1. The number of nitrogens with one attached hydrogen (secondary N) is 1. The van der Waals surface area contributed by atoms with E-state index in [0.29, 0.717) is 18.0 Å². The van der Waals surface area contributed by atoms with Crippen LogP contribution in [0.5, 0.6) is 0 Å². The topological polar surface area (TPSA) is 62.2 Å². The monoisotopic (exact) mass is 248 g/mol. The molecule has 1 heterocycles. The minimum absolute atomic E-state index is 0.0550. The maximum Gasteiger partial charge on any atom is 0.251 e. The Morgan fingerprint density at radius 1 is 1.56 bits per heavy atom. The summed E-state index contributed by atoms with van der Waals surface area (Å²) in [6.45, 7) is 2.52. The van der Waals surface area contributed by atoms with Gasteiger partial charge in [-0.25, -0.2) is 0 Å². The average Bonchev–Trinajstić information content (AvgIpc) is 2.36. The predicted octanol–water partition coefficient (Wildman–Crippen LogP) is 1.67. The molecule has 1 aliphatic carbocycles. The van der Waals surface area contributed by atoms with E-state index in [1.807, 2.05) is 6.92 Å². The molecule has 4 nitrogen and oxygen atoms in total. The summed E-state index contributed by atoms with van der Waals surface area (Å²) in [7, 11) is 0. The lowest BCUT2D eigenvalue weighted by molar-refractivity contribution is 0.0873. The van der Waals surface area contributed by atoms with Crippen LogP contribution < -0.4 is 5.32 Å². The summed E-state index contributed by atoms with van der Waals surface area (Å²) in [5.74, 6) is 0.348. The van der Waals surface area contributed by atoms with Gasteiger partial charge in [0.1, 0.15) is 0 Å². The van der Waals surface area contributed by atoms with Gasteiger partial charge in [-0.05, 0) is 44.2 Å². The molecule has 2 N–H and O–H groups in total. The first-order chi connectivity index (χ1) is 8.65. The lowest BCUT2D eigenvalue weighted by Gasteiger charge is -2.25. The maximum absolute atomic E-state index is 11.9. The van der Waals surface area contributed by atoms with Gasteiger partial charge in [-0.1, -0.05) is 6.42 Å². The average molecular weight is 248 g/mol. The second kappa shape index (κ2) is 5.96. The van der Waals surface area contributed by atoms with Crippen LogP contribution >= 0.6 is 0 Å². The van der Waals surface area contributed by atoms with Gasteiger partial charge in [0.2, 0.25) is 0 Å². The van der Waals surface area contributed by atoms with Crippen LogP contribution in [0.3, 0.4) is 0 Å². The zero-order valence-corrected chi connectivity index (χ0v) is 10.7. The Kier molecular flexibility index (Phi) is 4.31. The first kappa shape index (κ1) is 13.0. The molecule has 0 aliphatic heterocycles. The summed E-state index contributed by atoms with van der Waals surface area (Å²) < 4.78 is 0. The van der Waals surface area contributed by atoms with Gasteiger partial charge in [0.15, 0.2) is 0 Å². The number of aliphatic hydroxyl groups is 1. The van der Waals surface area contributed by atoms with Crippen molar-refractivity contribution in [1.29, 1.82) is 0 Å². The molecule has 1 fully saturated rings. The van der Waals surface area contributed by atoms with E-state index in [1.54, 1.807) is 18.3 Å². The fraction of sp³-hybridized carbons (Fsp3) is 0.571. The van der Waals surface area contributed by atoms with Crippen LogP contribution in [0.25, 0.3) is 0 Å². The van der Waals surface area contributed by atoms with Gasteiger partial charge < -0.3 is 10.4 Å². The number of hydrogen-bond acceptors (Lipinski definition) is 3. The molecular weight excluding hydrogens is 228 g/mol. The van der Waals surface area contributed by atoms with Gasteiger partial charge in [0.25, 0.3) is 5.91 Å². The molecule has 2 atom stereocenters. The Labute approximate surface area is 107 Å². The van der Waals surface area contributed by atoms with Crippen LogP contribution in [-0.2, 0) is 0 Å². The number of rotatable bonds is 3. The van der Waals surface area contributed by atoms with E-state index in [-0.39, 0.29) is 12.0 Å². The molecule has 98 valence electrons. The Hall–Kier alpha value is -1.42. The summed E-state index contributed by atoms with van der Waals surface area (Å²) in [5.41, 5.74) is 1.49. The molecule has 1 aromatic heterocycles. The van der Waals surface area contributed by atoms with Crippen molar-refractivity contribution in [3.05, 3.63) is 29.6 Å². The highest BCUT2D eigenvalue weighted by Crippen LogP contribution is 2.23. The van der Waals surface area contributed by atoms with Gasteiger partial charge in [0, 0.05) is 24.0 Å². The molecule has 18 heavy (non-hydrogen) atoms. The molecule has 1 saturated carbocycles. The molecule has 2 rings (SSSR count). The fourth-order valence-electron chi connectivity index (χ4n) is 2.47. The second-order valence-corrected chi connectivity index (χ2v) is 5.08. The van der Waals surface area contributed by atoms with Gasteiger partial charge in [0.05, 0.1) is 6.10 Å². The largest absolute Gasteiger partial charge is 0.393 e. The molecule has 1 aliphatic rings. The SMILES string of the molecule is Cc1cc(C(=O)NCC2CCCC(O)C2)ccn1. The highest BCUT2D eigenvalue weighted by Gasteiger charge is 2.20. The third kappa shape index (κ3) is 3.53. The van der Waals surface area contributed by atoms with Crippen molar-refractivity contribution >= 4 is 5.91 Å². The molecule has 1 aromatic rings. The molecule has 1 amide bonds. The van der Waals surface area contributed by atoms with E-state index in [2.05, 4.69) is 10.3 Å². The van der Waals surface area contributed by atoms with Crippen molar-refractivity contribution < 1.29 is 9.90 Å². The minimum atomic E-state index is -0.191. The number of carbonyl (C=O) groups is 1. The van der Waals surface area contributed by atoms with E-state index < -0.39 is 0 Å². The van der Waals surface area contributed by atoms with Gasteiger partial charge in [-0.15, -0.1) is 0 Å². The highest BCUT2D eigenvalue weighted by atomic mass is 16.3. The quantitative estimate of drug-likeness (QED) is 0.855. The lowest BCUT2D eigenvalue weighted by atomic mass is 9.87. The van der Waals surface area contributed by atoms with Crippen LogP contribution in [-0.4, -0.2) is 28.6 Å². The number of aliphatic hydroxyl groups excluding tert-OH is 1. The lowest BCUT2D eigenvalue weighted by Crippen LogP contribution is -2.33. The van der Waals surface area contributed by atoms with Crippen molar-refractivity contribution in [2.45, 2.75) is 38.7 Å². The molecule has 0 radical (unpaired) electrons. The standard InChI is InChI=1S/C14H20N2O2/c1-10-7-12(5-6-15-10)14(18)16-9-11-3-2-4-13(17)8-11/h5-7,11,13,17H,2-4,8-9H2,1H3,(H,16,18). The van der Waals surface area contributed by atoms with Crippen LogP contribution in [0.1, 0.15) is 41.7 Å². The van der Waals surface area contributed by atoms with E-state index in [1.165, 1.54) is 0 Å². The molecule has 0 bridgehead atoms.